The van der Waals surface area contributed by atoms with E-state index in [1.54, 1.807) is 37.4 Å². The SMILES string of the molecule is COc1ccc(C(=O)NCc2ccc(F)cc2Cl)cc1. The molecule has 2 aromatic carbocycles. The topological polar surface area (TPSA) is 38.3 Å². The van der Waals surface area contributed by atoms with Crippen molar-refractivity contribution < 1.29 is 13.9 Å². The third-order valence-electron chi connectivity index (χ3n) is 2.81. The first-order valence-electron chi connectivity index (χ1n) is 5.96. The van der Waals surface area contributed by atoms with Crippen molar-refractivity contribution in [3.05, 3.63) is 64.4 Å². The lowest BCUT2D eigenvalue weighted by molar-refractivity contribution is 0.0951. The minimum atomic E-state index is -0.403. The number of carbonyl (C=O) groups is 1. The smallest absolute Gasteiger partial charge is 0.251 e. The Morgan fingerprint density at radius 2 is 1.95 bits per heavy atom. The van der Waals surface area contributed by atoms with Crippen molar-refractivity contribution in [2.45, 2.75) is 6.54 Å². The summed E-state index contributed by atoms with van der Waals surface area (Å²) < 4.78 is 17.9. The number of carbonyl (C=O) groups excluding carboxylic acids is 1. The summed E-state index contributed by atoms with van der Waals surface area (Å²) >= 11 is 5.89. The standard InChI is InChI=1S/C15H13ClFNO2/c1-20-13-6-3-10(4-7-13)15(19)18-9-11-2-5-12(17)8-14(11)16/h2-8H,9H2,1H3,(H,18,19). The van der Waals surface area contributed by atoms with E-state index in [1.165, 1.54) is 12.1 Å². The van der Waals surface area contributed by atoms with Gasteiger partial charge >= 0.3 is 0 Å². The number of hydrogen-bond acceptors (Lipinski definition) is 2. The van der Waals surface area contributed by atoms with Gasteiger partial charge in [-0.2, -0.15) is 0 Å². The first kappa shape index (κ1) is 14.3. The van der Waals surface area contributed by atoms with Crippen LogP contribution in [0.2, 0.25) is 5.02 Å². The maximum atomic E-state index is 12.9. The van der Waals surface area contributed by atoms with Crippen LogP contribution in [0, 0.1) is 5.82 Å². The van der Waals surface area contributed by atoms with E-state index in [-0.39, 0.29) is 12.5 Å². The predicted octanol–water partition coefficient (Wildman–Crippen LogP) is 3.42. The quantitative estimate of drug-likeness (QED) is 0.938. The number of ether oxygens (including phenoxy) is 1. The van der Waals surface area contributed by atoms with E-state index in [0.29, 0.717) is 21.9 Å². The fraction of sp³-hybridized carbons (Fsp3) is 0.133. The summed E-state index contributed by atoms with van der Waals surface area (Å²) in [4.78, 5) is 11.9. The maximum Gasteiger partial charge on any atom is 0.251 e. The molecule has 20 heavy (non-hydrogen) atoms. The van der Waals surface area contributed by atoms with Crippen molar-refractivity contribution >= 4 is 17.5 Å². The van der Waals surface area contributed by atoms with Gasteiger partial charge in [0.05, 0.1) is 7.11 Å². The fourth-order valence-corrected chi connectivity index (χ4v) is 1.92. The monoisotopic (exact) mass is 293 g/mol. The van der Waals surface area contributed by atoms with Crippen LogP contribution < -0.4 is 10.1 Å². The van der Waals surface area contributed by atoms with Crippen molar-refractivity contribution in [3.8, 4) is 5.75 Å². The normalized spacial score (nSPS) is 10.2. The van der Waals surface area contributed by atoms with Crippen LogP contribution >= 0.6 is 11.6 Å². The molecule has 1 amide bonds. The second-order valence-electron chi connectivity index (χ2n) is 4.15. The molecule has 2 rings (SSSR count). The Bertz CT molecular complexity index is 614. The Morgan fingerprint density at radius 3 is 2.55 bits per heavy atom. The van der Waals surface area contributed by atoms with Gasteiger partial charge in [-0.15, -0.1) is 0 Å². The van der Waals surface area contributed by atoms with Crippen molar-refractivity contribution in [2.75, 3.05) is 7.11 Å². The van der Waals surface area contributed by atoms with Crippen LogP contribution in [0.3, 0.4) is 0 Å². The highest BCUT2D eigenvalue weighted by Crippen LogP contribution is 2.17. The average molecular weight is 294 g/mol. The molecule has 104 valence electrons. The summed E-state index contributed by atoms with van der Waals surface area (Å²) in [6, 6.07) is 10.8. The van der Waals surface area contributed by atoms with E-state index < -0.39 is 5.82 Å². The zero-order valence-electron chi connectivity index (χ0n) is 10.8. The first-order chi connectivity index (χ1) is 9.60. The Hall–Kier alpha value is -2.07. The van der Waals surface area contributed by atoms with Gasteiger partial charge in [-0.1, -0.05) is 17.7 Å². The molecule has 0 aromatic heterocycles. The van der Waals surface area contributed by atoms with Gasteiger partial charge in [-0.3, -0.25) is 4.79 Å². The zero-order valence-corrected chi connectivity index (χ0v) is 11.6. The molecule has 0 atom stereocenters. The van der Waals surface area contributed by atoms with Crippen molar-refractivity contribution in [1.29, 1.82) is 0 Å². The van der Waals surface area contributed by atoms with Crippen LogP contribution in [0.5, 0.6) is 5.75 Å². The van der Waals surface area contributed by atoms with Crippen LogP contribution in [0.4, 0.5) is 4.39 Å². The van der Waals surface area contributed by atoms with Gasteiger partial charge in [0, 0.05) is 17.1 Å². The Labute approximate surface area is 121 Å². The highest BCUT2D eigenvalue weighted by atomic mass is 35.5. The largest absolute Gasteiger partial charge is 0.497 e. The number of rotatable bonds is 4. The molecule has 1 N–H and O–H groups in total. The van der Waals surface area contributed by atoms with E-state index in [4.69, 9.17) is 16.3 Å². The highest BCUT2D eigenvalue weighted by Gasteiger charge is 2.07. The molecular formula is C15H13ClFNO2. The number of amides is 1. The van der Waals surface area contributed by atoms with Crippen LogP contribution in [0.15, 0.2) is 42.5 Å². The summed E-state index contributed by atoms with van der Waals surface area (Å²) in [5, 5.41) is 3.02. The van der Waals surface area contributed by atoms with E-state index in [9.17, 15) is 9.18 Å². The number of benzene rings is 2. The molecule has 5 heteroatoms. The van der Waals surface area contributed by atoms with Gasteiger partial charge in [-0.25, -0.2) is 4.39 Å². The Kier molecular flexibility index (Phi) is 4.58. The third-order valence-corrected chi connectivity index (χ3v) is 3.16. The molecule has 0 radical (unpaired) electrons. The molecule has 0 heterocycles. The van der Waals surface area contributed by atoms with Gasteiger partial charge in [0.1, 0.15) is 11.6 Å². The molecule has 2 aromatic rings. The van der Waals surface area contributed by atoms with Crippen molar-refractivity contribution in [1.82, 2.24) is 5.32 Å². The van der Waals surface area contributed by atoms with Gasteiger partial charge in [-0.05, 0) is 42.0 Å². The van der Waals surface area contributed by atoms with Crippen molar-refractivity contribution in [2.24, 2.45) is 0 Å². The molecule has 0 fully saturated rings. The number of methoxy groups -OCH3 is 1. The number of halogens is 2. The minimum Gasteiger partial charge on any atom is -0.497 e. The average Bonchev–Trinajstić information content (AvgIpc) is 2.46. The second kappa shape index (κ2) is 6.39. The molecule has 3 nitrogen and oxygen atoms in total. The molecule has 0 aliphatic heterocycles. The lowest BCUT2D eigenvalue weighted by Gasteiger charge is -2.07. The van der Waals surface area contributed by atoms with Gasteiger partial charge in [0.2, 0.25) is 0 Å². The number of nitrogens with one attached hydrogen (secondary N) is 1. The predicted molar refractivity (Wildman–Crippen MR) is 75.6 cm³/mol. The first-order valence-corrected chi connectivity index (χ1v) is 6.34. The van der Waals surface area contributed by atoms with E-state index in [2.05, 4.69) is 5.32 Å². The third kappa shape index (κ3) is 3.48. The number of hydrogen-bond donors (Lipinski definition) is 1. The lowest BCUT2D eigenvalue weighted by Crippen LogP contribution is -2.22. The molecule has 0 aliphatic rings. The van der Waals surface area contributed by atoms with Crippen LogP contribution in [-0.2, 0) is 6.54 Å². The summed E-state index contributed by atoms with van der Waals surface area (Å²) in [5.74, 6) is 0.0522. The highest BCUT2D eigenvalue weighted by molar-refractivity contribution is 6.31. The van der Waals surface area contributed by atoms with Crippen LogP contribution in [0.25, 0.3) is 0 Å². The summed E-state index contributed by atoms with van der Waals surface area (Å²) in [6.45, 7) is 0.240. The molecule has 0 bridgehead atoms. The van der Waals surface area contributed by atoms with Gasteiger partial charge < -0.3 is 10.1 Å². The van der Waals surface area contributed by atoms with Crippen molar-refractivity contribution in [3.63, 3.8) is 0 Å². The van der Waals surface area contributed by atoms with E-state index in [0.717, 1.165) is 0 Å². The lowest BCUT2D eigenvalue weighted by atomic mass is 10.2. The summed E-state index contributed by atoms with van der Waals surface area (Å²) in [6.07, 6.45) is 0. The molecule has 0 saturated carbocycles. The zero-order chi connectivity index (χ0) is 14.5. The minimum absolute atomic E-state index is 0.229. The molecule has 0 unspecified atom stereocenters. The Balaban J connectivity index is 2.00. The molecule has 0 spiro atoms. The summed E-state index contributed by atoms with van der Waals surface area (Å²) in [7, 11) is 1.56. The molecule has 0 saturated heterocycles. The maximum absolute atomic E-state index is 12.9. The second-order valence-corrected chi connectivity index (χ2v) is 4.55. The molecule has 0 aliphatic carbocycles. The van der Waals surface area contributed by atoms with Gasteiger partial charge in [0.15, 0.2) is 0 Å². The van der Waals surface area contributed by atoms with Crippen LogP contribution in [-0.4, -0.2) is 13.0 Å². The van der Waals surface area contributed by atoms with E-state index >= 15 is 0 Å². The van der Waals surface area contributed by atoms with Crippen LogP contribution in [0.1, 0.15) is 15.9 Å². The Morgan fingerprint density at radius 1 is 1.25 bits per heavy atom. The van der Waals surface area contributed by atoms with Gasteiger partial charge in [0.25, 0.3) is 5.91 Å². The summed E-state index contributed by atoms with van der Waals surface area (Å²) in [5.41, 5.74) is 1.18. The fourth-order valence-electron chi connectivity index (χ4n) is 1.69. The van der Waals surface area contributed by atoms with E-state index in [1.807, 2.05) is 0 Å². The molecular weight excluding hydrogens is 281 g/mol.